The molecule has 4 saturated heterocycles. The first kappa shape index (κ1) is 17.5. The van der Waals surface area contributed by atoms with E-state index in [0.29, 0.717) is 6.04 Å². The molecule has 4 rings (SSSR count). The Morgan fingerprint density at radius 3 is 2.92 bits per heavy atom. The molecule has 4 aliphatic rings. The number of hydrogen-bond acceptors (Lipinski definition) is 8. The van der Waals surface area contributed by atoms with E-state index in [0.717, 1.165) is 39.3 Å². The highest BCUT2D eigenvalue weighted by Gasteiger charge is 2.47. The molecule has 6 unspecified atom stereocenters. The van der Waals surface area contributed by atoms with Crippen molar-refractivity contribution in [3.05, 3.63) is 0 Å². The van der Waals surface area contributed by atoms with Gasteiger partial charge >= 0.3 is 0 Å². The molecule has 4 heterocycles. The molecule has 0 aromatic rings. The minimum atomic E-state index is -0.952. The Hall–Kier alpha value is -0.880. The van der Waals surface area contributed by atoms with E-state index in [1.807, 2.05) is 0 Å². The zero-order valence-electron chi connectivity index (χ0n) is 14.4. The summed E-state index contributed by atoms with van der Waals surface area (Å²) < 4.78 is 13.6. The first-order valence-electron chi connectivity index (χ1n) is 9.25. The molecule has 4 aliphatic heterocycles. The Morgan fingerprint density at radius 1 is 1.24 bits per heavy atom. The standard InChI is InChI=1S/C15H29FN8O/c16-9-5-20-14-12(13(17)22-24(14)7-9)15(25)21-10-6-18-2-1-11(10)23-4-3-19-8-23/h9-14,18-20,22H,1-8,17H2,(H,21,25). The summed E-state index contributed by atoms with van der Waals surface area (Å²) in [6.07, 6.45) is -0.706. The van der Waals surface area contributed by atoms with Gasteiger partial charge in [-0.1, -0.05) is 0 Å². The highest BCUT2D eigenvalue weighted by Crippen LogP contribution is 2.23. The molecule has 142 valence electrons. The van der Waals surface area contributed by atoms with Gasteiger partial charge in [-0.3, -0.25) is 15.0 Å². The maximum absolute atomic E-state index is 13.6. The van der Waals surface area contributed by atoms with Crippen LogP contribution in [0.2, 0.25) is 0 Å². The lowest BCUT2D eigenvalue weighted by Gasteiger charge is -2.39. The largest absolute Gasteiger partial charge is 0.350 e. The maximum Gasteiger partial charge on any atom is 0.229 e. The minimum Gasteiger partial charge on any atom is -0.350 e. The number of carbonyl (C=O) groups excluding carboxylic acids is 1. The molecule has 0 aromatic carbocycles. The second-order valence-corrected chi connectivity index (χ2v) is 7.43. The van der Waals surface area contributed by atoms with Crippen LogP contribution in [0.4, 0.5) is 4.39 Å². The smallest absolute Gasteiger partial charge is 0.229 e. The van der Waals surface area contributed by atoms with Gasteiger partial charge in [-0.15, -0.1) is 0 Å². The monoisotopic (exact) mass is 356 g/mol. The van der Waals surface area contributed by atoms with E-state index in [9.17, 15) is 9.18 Å². The van der Waals surface area contributed by atoms with Crippen molar-refractivity contribution in [1.82, 2.24) is 36.6 Å². The summed E-state index contributed by atoms with van der Waals surface area (Å²) in [5.74, 6) is -0.505. The molecular weight excluding hydrogens is 327 g/mol. The predicted molar refractivity (Wildman–Crippen MR) is 90.8 cm³/mol. The van der Waals surface area contributed by atoms with Crippen molar-refractivity contribution in [1.29, 1.82) is 0 Å². The van der Waals surface area contributed by atoms with Gasteiger partial charge in [0, 0.05) is 45.4 Å². The van der Waals surface area contributed by atoms with Crippen LogP contribution in [0.5, 0.6) is 0 Å². The summed E-state index contributed by atoms with van der Waals surface area (Å²) in [5.41, 5.74) is 9.17. The lowest BCUT2D eigenvalue weighted by molar-refractivity contribution is -0.128. The van der Waals surface area contributed by atoms with E-state index in [-0.39, 0.29) is 31.2 Å². The van der Waals surface area contributed by atoms with Crippen molar-refractivity contribution >= 4 is 5.91 Å². The number of halogens is 1. The Kier molecular flexibility index (Phi) is 5.18. The molecule has 1 amide bonds. The molecule has 4 fully saturated rings. The molecule has 0 aromatic heterocycles. The summed E-state index contributed by atoms with van der Waals surface area (Å²) in [6.45, 7) is 5.11. The molecule has 0 spiro atoms. The van der Waals surface area contributed by atoms with Crippen LogP contribution in [-0.2, 0) is 4.79 Å². The van der Waals surface area contributed by atoms with Crippen molar-refractivity contribution in [3.63, 3.8) is 0 Å². The van der Waals surface area contributed by atoms with Crippen molar-refractivity contribution in [3.8, 4) is 0 Å². The van der Waals surface area contributed by atoms with Gasteiger partial charge in [-0.05, 0) is 13.0 Å². The molecule has 25 heavy (non-hydrogen) atoms. The fraction of sp³-hybridized carbons (Fsp3) is 0.933. The number of fused-ring (bicyclic) bond motifs is 1. The van der Waals surface area contributed by atoms with Crippen LogP contribution in [0.3, 0.4) is 0 Å². The van der Waals surface area contributed by atoms with Crippen molar-refractivity contribution < 1.29 is 9.18 Å². The van der Waals surface area contributed by atoms with Gasteiger partial charge in [0.15, 0.2) is 0 Å². The number of nitrogens with one attached hydrogen (secondary N) is 5. The van der Waals surface area contributed by atoms with Gasteiger partial charge in [0.05, 0.1) is 24.3 Å². The molecule has 6 atom stereocenters. The summed E-state index contributed by atoms with van der Waals surface area (Å²) >= 11 is 0. The highest BCUT2D eigenvalue weighted by molar-refractivity contribution is 5.81. The van der Waals surface area contributed by atoms with E-state index >= 15 is 0 Å². The lowest BCUT2D eigenvalue weighted by Crippen LogP contribution is -2.63. The maximum atomic E-state index is 13.6. The fourth-order valence-corrected chi connectivity index (χ4v) is 4.49. The molecule has 10 heteroatoms. The molecule has 7 N–H and O–H groups in total. The first-order chi connectivity index (χ1) is 12.1. The van der Waals surface area contributed by atoms with E-state index in [1.54, 1.807) is 5.01 Å². The topological polar surface area (TPSA) is 110 Å². The summed E-state index contributed by atoms with van der Waals surface area (Å²) in [5, 5.41) is 14.8. The van der Waals surface area contributed by atoms with Crippen LogP contribution in [0.25, 0.3) is 0 Å². The van der Waals surface area contributed by atoms with Crippen molar-refractivity contribution in [2.24, 2.45) is 11.7 Å². The average molecular weight is 356 g/mol. The average Bonchev–Trinajstić information content (AvgIpc) is 3.22. The number of hydrazine groups is 1. The SMILES string of the molecule is NC1NN2CC(F)CNC2C1C(=O)NC1CNCCC1N1CCNC1. The third kappa shape index (κ3) is 3.52. The van der Waals surface area contributed by atoms with Gasteiger partial charge in [0.2, 0.25) is 5.91 Å². The van der Waals surface area contributed by atoms with Crippen LogP contribution >= 0.6 is 0 Å². The van der Waals surface area contributed by atoms with Crippen molar-refractivity contribution in [2.45, 2.75) is 37.0 Å². The van der Waals surface area contributed by atoms with Gasteiger partial charge in [-0.25, -0.2) is 14.8 Å². The Morgan fingerprint density at radius 2 is 2.12 bits per heavy atom. The van der Waals surface area contributed by atoms with Crippen LogP contribution in [0.1, 0.15) is 6.42 Å². The molecule has 0 aliphatic carbocycles. The highest BCUT2D eigenvalue weighted by atomic mass is 19.1. The van der Waals surface area contributed by atoms with Gasteiger partial charge in [-0.2, -0.15) is 0 Å². The summed E-state index contributed by atoms with van der Waals surface area (Å²) in [7, 11) is 0. The molecule has 0 bridgehead atoms. The predicted octanol–water partition coefficient (Wildman–Crippen LogP) is -3.32. The Labute approximate surface area is 147 Å². The number of nitrogens with zero attached hydrogens (tertiary/aromatic N) is 2. The van der Waals surface area contributed by atoms with Gasteiger partial charge in [0.25, 0.3) is 0 Å². The third-order valence-electron chi connectivity index (χ3n) is 5.76. The number of amides is 1. The quantitative estimate of drug-likeness (QED) is 0.312. The van der Waals surface area contributed by atoms with E-state index < -0.39 is 18.3 Å². The summed E-state index contributed by atoms with van der Waals surface area (Å²) in [4.78, 5) is 15.4. The normalized spacial score (nSPS) is 43.1. The number of hydrogen-bond donors (Lipinski definition) is 6. The summed E-state index contributed by atoms with van der Waals surface area (Å²) in [6, 6.07) is 0.386. The minimum absolute atomic E-state index is 0.0555. The molecule has 0 radical (unpaired) electrons. The zero-order chi connectivity index (χ0) is 17.4. The van der Waals surface area contributed by atoms with Crippen LogP contribution < -0.4 is 32.4 Å². The molecule has 0 saturated carbocycles. The van der Waals surface area contributed by atoms with Crippen LogP contribution in [-0.4, -0.2) is 92.3 Å². The number of rotatable bonds is 3. The van der Waals surface area contributed by atoms with Gasteiger partial charge in [0.1, 0.15) is 6.17 Å². The van der Waals surface area contributed by atoms with E-state index in [4.69, 9.17) is 5.73 Å². The Balaban J connectivity index is 1.41. The van der Waals surface area contributed by atoms with Gasteiger partial charge < -0.3 is 21.7 Å². The second-order valence-electron chi connectivity index (χ2n) is 7.43. The molecule has 9 nitrogen and oxygen atoms in total. The lowest BCUT2D eigenvalue weighted by atomic mass is 9.96. The number of nitrogens with two attached hydrogens (primary N) is 1. The number of alkyl halides is 1. The second kappa shape index (κ2) is 7.39. The zero-order valence-corrected chi connectivity index (χ0v) is 14.4. The van der Waals surface area contributed by atoms with E-state index in [2.05, 4.69) is 31.6 Å². The number of piperidine rings is 1. The Bertz CT molecular complexity index is 490. The van der Waals surface area contributed by atoms with Crippen LogP contribution in [0, 0.1) is 5.92 Å². The fourth-order valence-electron chi connectivity index (χ4n) is 4.49. The van der Waals surface area contributed by atoms with Crippen LogP contribution in [0.15, 0.2) is 0 Å². The van der Waals surface area contributed by atoms with Crippen molar-refractivity contribution in [2.75, 3.05) is 45.9 Å². The molecular formula is C15H29FN8O. The first-order valence-corrected chi connectivity index (χ1v) is 9.25. The van der Waals surface area contributed by atoms with E-state index in [1.165, 1.54) is 0 Å². The number of carbonyl (C=O) groups is 1. The third-order valence-corrected chi connectivity index (χ3v) is 5.76.